The molecule has 0 saturated heterocycles. The van der Waals surface area contributed by atoms with E-state index < -0.39 is 12.1 Å². The molecule has 2 rings (SSSR count). The first-order valence-corrected chi connectivity index (χ1v) is 7.61. The minimum Gasteiger partial charge on any atom is -0.497 e. The van der Waals surface area contributed by atoms with Crippen molar-refractivity contribution in [2.75, 3.05) is 14.2 Å². The third-order valence-corrected chi connectivity index (χ3v) is 3.65. The summed E-state index contributed by atoms with van der Waals surface area (Å²) in [6.45, 7) is 3.89. The quantitative estimate of drug-likeness (QED) is 0.843. The molecule has 0 saturated carbocycles. The van der Waals surface area contributed by atoms with E-state index in [4.69, 9.17) is 14.2 Å². The number of aliphatic carboxylic acids is 1. The van der Waals surface area contributed by atoms with Crippen LogP contribution in [-0.4, -0.2) is 31.4 Å². The highest BCUT2D eigenvalue weighted by Crippen LogP contribution is 2.27. The zero-order valence-corrected chi connectivity index (χ0v) is 14.3. The molecule has 0 aliphatic carbocycles. The number of hydrogen-bond acceptors (Lipinski definition) is 4. The van der Waals surface area contributed by atoms with Gasteiger partial charge >= 0.3 is 5.97 Å². The van der Waals surface area contributed by atoms with Crippen LogP contribution < -0.4 is 14.2 Å². The second-order valence-corrected chi connectivity index (χ2v) is 5.65. The number of hydrogen-bond donors (Lipinski definition) is 1. The maximum atomic E-state index is 11.6. The van der Waals surface area contributed by atoms with Crippen LogP contribution in [0.1, 0.15) is 16.7 Å². The fraction of sp³-hybridized carbons (Fsp3) is 0.316. The number of carboxylic acids is 1. The highest BCUT2D eigenvalue weighted by molar-refractivity contribution is 5.73. The van der Waals surface area contributed by atoms with E-state index in [0.717, 1.165) is 16.7 Å². The van der Waals surface area contributed by atoms with Gasteiger partial charge in [-0.05, 0) is 48.7 Å². The van der Waals surface area contributed by atoms with E-state index in [-0.39, 0.29) is 6.42 Å². The molecule has 0 bridgehead atoms. The first-order chi connectivity index (χ1) is 11.4. The predicted octanol–water partition coefficient (Wildman–Crippen LogP) is 3.40. The minimum atomic E-state index is -1.02. The fourth-order valence-corrected chi connectivity index (χ4v) is 2.56. The molecule has 5 nitrogen and oxygen atoms in total. The monoisotopic (exact) mass is 330 g/mol. The third-order valence-electron chi connectivity index (χ3n) is 3.65. The molecule has 0 aliphatic rings. The van der Waals surface area contributed by atoms with Crippen molar-refractivity contribution in [1.82, 2.24) is 0 Å². The Labute approximate surface area is 141 Å². The van der Waals surface area contributed by atoms with Gasteiger partial charge < -0.3 is 19.3 Å². The molecule has 0 radical (unpaired) electrons. The molecule has 0 aliphatic heterocycles. The molecule has 1 N–H and O–H groups in total. The molecule has 1 atom stereocenters. The molecule has 24 heavy (non-hydrogen) atoms. The summed E-state index contributed by atoms with van der Waals surface area (Å²) in [6.07, 6.45) is -0.816. The first kappa shape index (κ1) is 17.7. The predicted molar refractivity (Wildman–Crippen MR) is 91.2 cm³/mol. The van der Waals surface area contributed by atoms with Crippen molar-refractivity contribution in [2.24, 2.45) is 0 Å². The fourth-order valence-electron chi connectivity index (χ4n) is 2.56. The van der Waals surface area contributed by atoms with Crippen LogP contribution in [0.25, 0.3) is 0 Å². The third kappa shape index (κ3) is 4.41. The number of benzene rings is 2. The lowest BCUT2D eigenvalue weighted by molar-refractivity contribution is -0.145. The smallest absolute Gasteiger partial charge is 0.345 e. The molecular formula is C19H22O5. The van der Waals surface area contributed by atoms with E-state index in [1.165, 1.54) is 0 Å². The zero-order chi connectivity index (χ0) is 17.7. The topological polar surface area (TPSA) is 65.0 Å². The normalized spacial score (nSPS) is 11.7. The molecule has 0 fully saturated rings. The van der Waals surface area contributed by atoms with Crippen molar-refractivity contribution in [1.29, 1.82) is 0 Å². The standard InChI is InChI=1S/C19H22O5/c1-12-7-13(2)9-16(8-12)24-18(19(20)21)10-14-5-6-15(22-3)11-17(14)23-4/h5-9,11,18H,10H2,1-4H3,(H,20,21)/t18-/m1/s1. The lowest BCUT2D eigenvalue weighted by Gasteiger charge is -2.18. The maximum Gasteiger partial charge on any atom is 0.345 e. The maximum absolute atomic E-state index is 11.6. The minimum absolute atomic E-state index is 0.190. The highest BCUT2D eigenvalue weighted by atomic mass is 16.5. The summed E-state index contributed by atoms with van der Waals surface area (Å²) < 4.78 is 16.2. The van der Waals surface area contributed by atoms with E-state index >= 15 is 0 Å². The van der Waals surface area contributed by atoms with Gasteiger partial charge in [0.1, 0.15) is 17.2 Å². The molecule has 2 aromatic carbocycles. The van der Waals surface area contributed by atoms with Crippen molar-refractivity contribution in [3.05, 3.63) is 53.1 Å². The lowest BCUT2D eigenvalue weighted by Crippen LogP contribution is -2.29. The van der Waals surface area contributed by atoms with Crippen LogP contribution in [0.3, 0.4) is 0 Å². The number of rotatable bonds is 7. The van der Waals surface area contributed by atoms with Gasteiger partial charge in [-0.15, -0.1) is 0 Å². The number of carbonyl (C=O) groups is 1. The van der Waals surface area contributed by atoms with Crippen LogP contribution in [0.4, 0.5) is 0 Å². The van der Waals surface area contributed by atoms with Crippen molar-refractivity contribution in [3.63, 3.8) is 0 Å². The lowest BCUT2D eigenvalue weighted by atomic mass is 10.1. The van der Waals surface area contributed by atoms with Crippen LogP contribution in [0.5, 0.6) is 17.2 Å². The summed E-state index contributed by atoms with van der Waals surface area (Å²) in [4.78, 5) is 11.6. The Morgan fingerprint density at radius 2 is 1.67 bits per heavy atom. The average molecular weight is 330 g/mol. The van der Waals surface area contributed by atoms with Gasteiger partial charge in [-0.1, -0.05) is 12.1 Å². The van der Waals surface area contributed by atoms with Crippen LogP contribution >= 0.6 is 0 Å². The Morgan fingerprint density at radius 3 is 2.21 bits per heavy atom. The van der Waals surface area contributed by atoms with Gasteiger partial charge in [-0.3, -0.25) is 0 Å². The van der Waals surface area contributed by atoms with Crippen LogP contribution in [0.2, 0.25) is 0 Å². The second-order valence-electron chi connectivity index (χ2n) is 5.65. The summed E-state index contributed by atoms with van der Waals surface area (Å²) in [6, 6.07) is 11.0. The largest absolute Gasteiger partial charge is 0.497 e. The highest BCUT2D eigenvalue weighted by Gasteiger charge is 2.22. The number of ether oxygens (including phenoxy) is 3. The van der Waals surface area contributed by atoms with Crippen LogP contribution in [-0.2, 0) is 11.2 Å². The van der Waals surface area contributed by atoms with Gasteiger partial charge in [0, 0.05) is 12.5 Å². The summed E-state index contributed by atoms with van der Waals surface area (Å²) in [5.74, 6) is 0.752. The summed E-state index contributed by atoms with van der Waals surface area (Å²) in [5.41, 5.74) is 2.79. The van der Waals surface area contributed by atoms with E-state index in [1.807, 2.05) is 32.0 Å². The van der Waals surface area contributed by atoms with Crippen molar-refractivity contribution in [3.8, 4) is 17.2 Å². The van der Waals surface area contributed by atoms with Gasteiger partial charge in [0.15, 0.2) is 6.10 Å². The molecule has 0 aromatic heterocycles. The van der Waals surface area contributed by atoms with E-state index in [2.05, 4.69) is 0 Å². The second kappa shape index (κ2) is 7.73. The molecule has 0 amide bonds. The molecule has 5 heteroatoms. The molecule has 0 heterocycles. The van der Waals surface area contributed by atoms with E-state index in [0.29, 0.717) is 17.2 Å². The SMILES string of the molecule is COc1ccc(C[C@@H](Oc2cc(C)cc(C)c2)C(=O)O)c(OC)c1. The number of carboxylic acid groups (broad SMARTS) is 1. The Hall–Kier alpha value is -2.69. The molecule has 0 unspecified atom stereocenters. The van der Waals surface area contributed by atoms with Crippen LogP contribution in [0, 0.1) is 13.8 Å². The molecule has 2 aromatic rings. The van der Waals surface area contributed by atoms with Gasteiger partial charge in [-0.25, -0.2) is 4.79 Å². The summed E-state index contributed by atoms with van der Waals surface area (Å²) in [5, 5.41) is 9.51. The Morgan fingerprint density at radius 1 is 1.00 bits per heavy atom. The Bertz CT molecular complexity index is 703. The zero-order valence-electron chi connectivity index (χ0n) is 14.3. The van der Waals surface area contributed by atoms with Gasteiger partial charge in [-0.2, -0.15) is 0 Å². The molecule has 0 spiro atoms. The number of aryl methyl sites for hydroxylation is 2. The van der Waals surface area contributed by atoms with Gasteiger partial charge in [0.05, 0.1) is 14.2 Å². The summed E-state index contributed by atoms with van der Waals surface area (Å²) >= 11 is 0. The van der Waals surface area contributed by atoms with E-state index in [9.17, 15) is 9.90 Å². The van der Waals surface area contributed by atoms with Crippen molar-refractivity contribution >= 4 is 5.97 Å². The Kier molecular flexibility index (Phi) is 5.68. The van der Waals surface area contributed by atoms with Crippen molar-refractivity contribution < 1.29 is 24.1 Å². The average Bonchev–Trinajstić information content (AvgIpc) is 2.53. The molecule has 128 valence electrons. The van der Waals surface area contributed by atoms with Gasteiger partial charge in [0.25, 0.3) is 0 Å². The summed E-state index contributed by atoms with van der Waals surface area (Å²) in [7, 11) is 3.11. The molecular weight excluding hydrogens is 308 g/mol. The van der Waals surface area contributed by atoms with E-state index in [1.54, 1.807) is 32.4 Å². The first-order valence-electron chi connectivity index (χ1n) is 7.61. The number of methoxy groups -OCH3 is 2. The van der Waals surface area contributed by atoms with Gasteiger partial charge in [0.2, 0.25) is 0 Å². The Balaban J connectivity index is 2.24. The van der Waals surface area contributed by atoms with Crippen molar-refractivity contribution in [2.45, 2.75) is 26.4 Å². The van der Waals surface area contributed by atoms with Crippen LogP contribution in [0.15, 0.2) is 36.4 Å².